The van der Waals surface area contributed by atoms with Gasteiger partial charge in [0.15, 0.2) is 0 Å². The number of benzene rings is 2. The van der Waals surface area contributed by atoms with Gasteiger partial charge in [-0.25, -0.2) is 4.39 Å². The standard InChI is InChI=1S/C13H10ClFOS/c14-11-7-10(15)6-5-9(11)8-17-13-4-2-1-3-12(13)16/h1-7,16H,8H2. The molecule has 2 rings (SSSR count). The van der Waals surface area contributed by atoms with E-state index in [1.165, 1.54) is 23.9 Å². The highest BCUT2D eigenvalue weighted by atomic mass is 35.5. The summed E-state index contributed by atoms with van der Waals surface area (Å²) in [7, 11) is 0. The van der Waals surface area contributed by atoms with E-state index in [0.717, 1.165) is 10.5 Å². The van der Waals surface area contributed by atoms with Gasteiger partial charge in [0.25, 0.3) is 0 Å². The molecule has 0 radical (unpaired) electrons. The van der Waals surface area contributed by atoms with E-state index in [1.807, 2.05) is 12.1 Å². The van der Waals surface area contributed by atoms with E-state index in [1.54, 1.807) is 18.2 Å². The summed E-state index contributed by atoms with van der Waals surface area (Å²) >= 11 is 7.38. The second-order valence-electron chi connectivity index (χ2n) is 3.49. The first-order valence-electron chi connectivity index (χ1n) is 5.01. The molecule has 0 aliphatic carbocycles. The lowest BCUT2D eigenvalue weighted by molar-refractivity contribution is 0.462. The number of phenolic OH excluding ortho intramolecular Hbond substituents is 1. The van der Waals surface area contributed by atoms with E-state index in [0.29, 0.717) is 10.8 Å². The van der Waals surface area contributed by atoms with Crippen LogP contribution in [0.15, 0.2) is 47.4 Å². The summed E-state index contributed by atoms with van der Waals surface area (Å²) in [6.45, 7) is 0. The minimum absolute atomic E-state index is 0.246. The maximum Gasteiger partial charge on any atom is 0.129 e. The van der Waals surface area contributed by atoms with Gasteiger partial charge in [-0.05, 0) is 29.8 Å². The Kier molecular flexibility index (Phi) is 3.92. The largest absolute Gasteiger partial charge is 0.507 e. The smallest absolute Gasteiger partial charge is 0.129 e. The van der Waals surface area contributed by atoms with Crippen molar-refractivity contribution in [2.45, 2.75) is 10.6 Å². The SMILES string of the molecule is Oc1ccccc1SCc1ccc(F)cc1Cl. The normalized spacial score (nSPS) is 10.5. The Labute approximate surface area is 108 Å². The van der Waals surface area contributed by atoms with Crippen molar-refractivity contribution in [3.63, 3.8) is 0 Å². The Balaban J connectivity index is 2.10. The minimum atomic E-state index is -0.341. The number of halogens is 2. The highest BCUT2D eigenvalue weighted by molar-refractivity contribution is 7.98. The summed E-state index contributed by atoms with van der Waals surface area (Å²) in [5.74, 6) is 0.499. The van der Waals surface area contributed by atoms with Gasteiger partial charge in [0.1, 0.15) is 11.6 Å². The molecule has 0 fully saturated rings. The monoisotopic (exact) mass is 268 g/mol. The van der Waals surface area contributed by atoms with Crippen LogP contribution in [0.1, 0.15) is 5.56 Å². The molecule has 0 bridgehead atoms. The fourth-order valence-electron chi connectivity index (χ4n) is 1.37. The van der Waals surface area contributed by atoms with E-state index >= 15 is 0 Å². The topological polar surface area (TPSA) is 20.2 Å². The first kappa shape index (κ1) is 12.3. The van der Waals surface area contributed by atoms with E-state index < -0.39 is 0 Å². The minimum Gasteiger partial charge on any atom is -0.507 e. The van der Waals surface area contributed by atoms with Crippen molar-refractivity contribution < 1.29 is 9.50 Å². The van der Waals surface area contributed by atoms with Gasteiger partial charge in [-0.15, -0.1) is 11.8 Å². The van der Waals surface area contributed by atoms with Crippen LogP contribution in [0.25, 0.3) is 0 Å². The molecular formula is C13H10ClFOS. The predicted molar refractivity (Wildman–Crippen MR) is 69.1 cm³/mol. The van der Waals surface area contributed by atoms with Crippen LogP contribution in [0.2, 0.25) is 5.02 Å². The van der Waals surface area contributed by atoms with E-state index in [4.69, 9.17) is 11.6 Å². The van der Waals surface area contributed by atoms with Crippen LogP contribution in [0.4, 0.5) is 4.39 Å². The van der Waals surface area contributed by atoms with E-state index in [9.17, 15) is 9.50 Å². The molecule has 0 aromatic heterocycles. The molecule has 0 saturated carbocycles. The molecule has 2 aromatic rings. The molecule has 4 heteroatoms. The number of phenols is 1. The predicted octanol–water partition coefficient (Wildman–Crippen LogP) is 4.48. The van der Waals surface area contributed by atoms with Crippen molar-refractivity contribution in [2.24, 2.45) is 0 Å². The van der Waals surface area contributed by atoms with Gasteiger partial charge in [-0.1, -0.05) is 29.8 Å². The molecule has 2 aromatic carbocycles. The van der Waals surface area contributed by atoms with Crippen molar-refractivity contribution in [3.05, 3.63) is 58.9 Å². The first-order valence-corrected chi connectivity index (χ1v) is 6.38. The molecule has 0 heterocycles. The van der Waals surface area contributed by atoms with Gasteiger partial charge >= 0.3 is 0 Å². The summed E-state index contributed by atoms with van der Waals surface area (Å²) in [6.07, 6.45) is 0. The van der Waals surface area contributed by atoms with Crippen molar-refractivity contribution in [1.82, 2.24) is 0 Å². The molecule has 0 aliphatic rings. The van der Waals surface area contributed by atoms with Crippen LogP contribution in [0.5, 0.6) is 5.75 Å². The number of rotatable bonds is 3. The molecule has 17 heavy (non-hydrogen) atoms. The van der Waals surface area contributed by atoms with Crippen LogP contribution in [0.3, 0.4) is 0 Å². The molecule has 1 N–H and O–H groups in total. The van der Waals surface area contributed by atoms with E-state index in [-0.39, 0.29) is 11.6 Å². The molecule has 0 aliphatic heterocycles. The van der Waals surface area contributed by atoms with Gasteiger partial charge in [-0.2, -0.15) is 0 Å². The zero-order valence-electron chi connectivity index (χ0n) is 8.86. The maximum absolute atomic E-state index is 12.8. The molecule has 0 unspecified atom stereocenters. The Morgan fingerprint density at radius 3 is 2.65 bits per heavy atom. The Morgan fingerprint density at radius 1 is 1.18 bits per heavy atom. The zero-order chi connectivity index (χ0) is 12.3. The van der Waals surface area contributed by atoms with Crippen LogP contribution in [-0.4, -0.2) is 5.11 Å². The first-order chi connectivity index (χ1) is 8.16. The molecule has 1 nitrogen and oxygen atoms in total. The second-order valence-corrected chi connectivity index (χ2v) is 4.92. The summed E-state index contributed by atoms with van der Waals surface area (Å²) in [5.41, 5.74) is 0.848. The quantitative estimate of drug-likeness (QED) is 0.829. The summed E-state index contributed by atoms with van der Waals surface area (Å²) < 4.78 is 12.8. The summed E-state index contributed by atoms with van der Waals surface area (Å²) in [6, 6.07) is 11.4. The number of aromatic hydroxyl groups is 1. The summed E-state index contributed by atoms with van der Waals surface area (Å²) in [5, 5.41) is 10.00. The third kappa shape index (κ3) is 3.14. The van der Waals surface area contributed by atoms with Crippen molar-refractivity contribution in [3.8, 4) is 5.75 Å². The van der Waals surface area contributed by atoms with Crippen molar-refractivity contribution in [2.75, 3.05) is 0 Å². The lowest BCUT2D eigenvalue weighted by Gasteiger charge is -2.05. The Bertz CT molecular complexity index is 531. The fraction of sp³-hybridized carbons (Fsp3) is 0.0769. The number of hydrogen-bond acceptors (Lipinski definition) is 2. The molecule has 0 spiro atoms. The lowest BCUT2D eigenvalue weighted by atomic mass is 10.2. The van der Waals surface area contributed by atoms with Crippen LogP contribution < -0.4 is 0 Å². The summed E-state index contributed by atoms with van der Waals surface area (Å²) in [4.78, 5) is 0.785. The van der Waals surface area contributed by atoms with Crippen LogP contribution in [-0.2, 0) is 5.75 Å². The number of para-hydroxylation sites is 1. The molecule has 0 amide bonds. The maximum atomic E-state index is 12.8. The fourth-order valence-corrected chi connectivity index (χ4v) is 2.64. The highest BCUT2D eigenvalue weighted by Crippen LogP contribution is 2.32. The molecule has 0 saturated heterocycles. The number of thioether (sulfide) groups is 1. The third-order valence-electron chi connectivity index (χ3n) is 2.26. The van der Waals surface area contributed by atoms with Gasteiger partial charge in [0.05, 0.1) is 0 Å². The molecular weight excluding hydrogens is 259 g/mol. The second kappa shape index (κ2) is 5.43. The van der Waals surface area contributed by atoms with Gasteiger partial charge in [-0.3, -0.25) is 0 Å². The molecule has 88 valence electrons. The van der Waals surface area contributed by atoms with Crippen molar-refractivity contribution >= 4 is 23.4 Å². The van der Waals surface area contributed by atoms with Gasteiger partial charge in [0, 0.05) is 15.7 Å². The highest BCUT2D eigenvalue weighted by Gasteiger charge is 2.05. The molecule has 0 atom stereocenters. The number of hydrogen-bond donors (Lipinski definition) is 1. The van der Waals surface area contributed by atoms with Crippen LogP contribution in [0, 0.1) is 5.82 Å². The average molecular weight is 269 g/mol. The van der Waals surface area contributed by atoms with Gasteiger partial charge in [0.2, 0.25) is 0 Å². The Hall–Kier alpha value is -1.19. The van der Waals surface area contributed by atoms with Crippen molar-refractivity contribution in [1.29, 1.82) is 0 Å². The Morgan fingerprint density at radius 2 is 1.94 bits per heavy atom. The van der Waals surface area contributed by atoms with Crippen LogP contribution >= 0.6 is 23.4 Å². The zero-order valence-corrected chi connectivity index (χ0v) is 10.4. The lowest BCUT2D eigenvalue weighted by Crippen LogP contribution is -1.84. The van der Waals surface area contributed by atoms with Gasteiger partial charge < -0.3 is 5.11 Å². The average Bonchev–Trinajstić information content (AvgIpc) is 2.30. The third-order valence-corrected chi connectivity index (χ3v) is 3.73. The van der Waals surface area contributed by atoms with E-state index in [2.05, 4.69) is 0 Å².